The third-order valence-corrected chi connectivity index (χ3v) is 1.90. The fourth-order valence-electron chi connectivity index (χ4n) is 1.08. The first-order chi connectivity index (χ1) is 5.42. The molecule has 2 rings (SSSR count). The van der Waals surface area contributed by atoms with Crippen LogP contribution in [0, 0.1) is 0 Å². The molecule has 2 nitrogen and oxygen atoms in total. The van der Waals surface area contributed by atoms with Gasteiger partial charge in [0, 0.05) is 6.20 Å². The molecule has 0 atom stereocenters. The van der Waals surface area contributed by atoms with E-state index in [1.54, 1.807) is 6.20 Å². The number of nitrogens with zero attached hydrogens (tertiary/aromatic N) is 2. The highest BCUT2D eigenvalue weighted by Gasteiger charge is 1.98. The number of pyridine rings is 1. The van der Waals surface area contributed by atoms with Gasteiger partial charge in [-0.1, -0.05) is 6.07 Å². The smallest absolute Gasteiger partial charge is 0.136 e. The molecular formula is C8H7ClN2. The molecule has 2 heterocycles. The zero-order chi connectivity index (χ0) is 7.68. The van der Waals surface area contributed by atoms with Crippen LogP contribution in [0.5, 0.6) is 0 Å². The van der Waals surface area contributed by atoms with Gasteiger partial charge in [-0.2, -0.15) is 0 Å². The Balaban J connectivity index is 2.76. The van der Waals surface area contributed by atoms with Gasteiger partial charge in [0.1, 0.15) is 5.65 Å². The summed E-state index contributed by atoms with van der Waals surface area (Å²) in [5.74, 6) is 0.505. The van der Waals surface area contributed by atoms with Crippen molar-refractivity contribution in [1.29, 1.82) is 0 Å². The molecule has 0 saturated carbocycles. The number of imidazole rings is 1. The number of fused-ring (bicyclic) bond motifs is 1. The molecule has 11 heavy (non-hydrogen) atoms. The first-order valence-corrected chi connectivity index (χ1v) is 3.92. The van der Waals surface area contributed by atoms with Crippen LogP contribution in [0.2, 0.25) is 0 Å². The van der Waals surface area contributed by atoms with Gasteiger partial charge >= 0.3 is 0 Å². The quantitative estimate of drug-likeness (QED) is 0.593. The van der Waals surface area contributed by atoms with Crippen LogP contribution in [0.4, 0.5) is 0 Å². The second-order valence-electron chi connectivity index (χ2n) is 2.31. The maximum absolute atomic E-state index is 5.69. The van der Waals surface area contributed by atoms with Crippen LogP contribution >= 0.6 is 11.6 Å². The third kappa shape index (κ3) is 0.994. The summed E-state index contributed by atoms with van der Waals surface area (Å²) in [5, 5.41) is 0. The van der Waals surface area contributed by atoms with Gasteiger partial charge in [0.2, 0.25) is 0 Å². The van der Waals surface area contributed by atoms with E-state index in [9.17, 15) is 0 Å². The Morgan fingerprint density at radius 3 is 3.18 bits per heavy atom. The maximum Gasteiger partial charge on any atom is 0.136 e. The minimum Gasteiger partial charge on any atom is -0.303 e. The fourth-order valence-corrected chi connectivity index (χ4v) is 1.28. The molecule has 3 heteroatoms. The van der Waals surface area contributed by atoms with Crippen molar-refractivity contribution in [3.05, 3.63) is 36.3 Å². The van der Waals surface area contributed by atoms with E-state index in [0.29, 0.717) is 5.88 Å². The highest BCUT2D eigenvalue weighted by Crippen LogP contribution is 2.07. The Labute approximate surface area is 69.4 Å². The van der Waals surface area contributed by atoms with Crippen LogP contribution in [-0.2, 0) is 5.88 Å². The van der Waals surface area contributed by atoms with Gasteiger partial charge in [-0.3, -0.25) is 0 Å². The Bertz CT molecular complexity index is 367. The average Bonchev–Trinajstić information content (AvgIpc) is 2.47. The summed E-state index contributed by atoms with van der Waals surface area (Å²) in [7, 11) is 0. The van der Waals surface area contributed by atoms with Crippen molar-refractivity contribution in [2.24, 2.45) is 0 Å². The minimum atomic E-state index is 0.505. The lowest BCUT2D eigenvalue weighted by Crippen LogP contribution is -1.86. The third-order valence-electron chi connectivity index (χ3n) is 1.63. The molecule has 2 aromatic rings. The van der Waals surface area contributed by atoms with Crippen molar-refractivity contribution in [1.82, 2.24) is 9.38 Å². The van der Waals surface area contributed by atoms with Gasteiger partial charge in [0.25, 0.3) is 0 Å². The van der Waals surface area contributed by atoms with E-state index in [0.717, 1.165) is 11.3 Å². The van der Waals surface area contributed by atoms with Crippen molar-refractivity contribution in [3.8, 4) is 0 Å². The molecule has 0 saturated heterocycles. The van der Waals surface area contributed by atoms with Crippen molar-refractivity contribution in [3.63, 3.8) is 0 Å². The molecule has 56 valence electrons. The predicted octanol–water partition coefficient (Wildman–Crippen LogP) is 2.07. The molecule has 0 amide bonds. The summed E-state index contributed by atoms with van der Waals surface area (Å²) in [6, 6.07) is 5.88. The summed E-state index contributed by atoms with van der Waals surface area (Å²) < 4.78 is 1.98. The number of aromatic nitrogens is 2. The number of hydrogen-bond donors (Lipinski definition) is 0. The van der Waals surface area contributed by atoms with Gasteiger partial charge in [-0.05, 0) is 12.1 Å². The second kappa shape index (κ2) is 2.55. The van der Waals surface area contributed by atoms with E-state index < -0.39 is 0 Å². The molecule has 0 radical (unpaired) electrons. The van der Waals surface area contributed by atoms with Crippen molar-refractivity contribution < 1.29 is 0 Å². The van der Waals surface area contributed by atoms with E-state index in [1.807, 2.05) is 28.8 Å². The van der Waals surface area contributed by atoms with Crippen LogP contribution < -0.4 is 0 Å². The zero-order valence-corrected chi connectivity index (χ0v) is 6.62. The van der Waals surface area contributed by atoms with E-state index in [4.69, 9.17) is 11.6 Å². The molecule has 0 aliphatic heterocycles. The lowest BCUT2D eigenvalue weighted by molar-refractivity contribution is 1.09. The van der Waals surface area contributed by atoms with Crippen LogP contribution in [-0.4, -0.2) is 9.38 Å². The van der Waals surface area contributed by atoms with Gasteiger partial charge < -0.3 is 4.40 Å². The lowest BCUT2D eigenvalue weighted by atomic mass is 10.4. The molecule has 0 unspecified atom stereocenters. The van der Waals surface area contributed by atoms with E-state index in [1.165, 1.54) is 0 Å². The molecule has 0 aliphatic rings. The molecule has 0 bridgehead atoms. The summed E-state index contributed by atoms with van der Waals surface area (Å²) in [4.78, 5) is 4.17. The molecule has 0 aromatic carbocycles. The standard InChI is InChI=1S/C8H7ClN2/c9-5-7-6-10-8-3-1-2-4-11(7)8/h1-4,6H,5H2. The molecular weight excluding hydrogens is 160 g/mol. The first kappa shape index (κ1) is 6.68. The number of halogens is 1. The molecule has 2 aromatic heterocycles. The van der Waals surface area contributed by atoms with Crippen LogP contribution in [0.15, 0.2) is 30.6 Å². The van der Waals surface area contributed by atoms with Gasteiger partial charge in [-0.25, -0.2) is 4.98 Å². The Hall–Kier alpha value is -1.02. The Morgan fingerprint density at radius 1 is 1.45 bits per heavy atom. The molecule has 0 fully saturated rings. The molecule has 0 N–H and O–H groups in total. The second-order valence-corrected chi connectivity index (χ2v) is 2.58. The highest BCUT2D eigenvalue weighted by molar-refractivity contribution is 6.16. The SMILES string of the molecule is ClCc1cnc2ccccn12. The van der Waals surface area contributed by atoms with Crippen LogP contribution in [0.3, 0.4) is 0 Å². The van der Waals surface area contributed by atoms with Crippen LogP contribution in [0.1, 0.15) is 5.69 Å². The van der Waals surface area contributed by atoms with E-state index in [-0.39, 0.29) is 0 Å². The number of hydrogen-bond acceptors (Lipinski definition) is 1. The van der Waals surface area contributed by atoms with Crippen molar-refractivity contribution in [2.45, 2.75) is 5.88 Å². The average molecular weight is 167 g/mol. The normalized spacial score (nSPS) is 10.6. The minimum absolute atomic E-state index is 0.505. The summed E-state index contributed by atoms with van der Waals surface area (Å²) in [6.07, 6.45) is 3.75. The van der Waals surface area contributed by atoms with E-state index in [2.05, 4.69) is 4.98 Å². The molecule has 0 aliphatic carbocycles. The lowest BCUT2D eigenvalue weighted by Gasteiger charge is -1.94. The fraction of sp³-hybridized carbons (Fsp3) is 0.125. The highest BCUT2D eigenvalue weighted by atomic mass is 35.5. The Morgan fingerprint density at radius 2 is 2.36 bits per heavy atom. The van der Waals surface area contributed by atoms with E-state index >= 15 is 0 Å². The monoisotopic (exact) mass is 166 g/mol. The van der Waals surface area contributed by atoms with Crippen LogP contribution in [0.25, 0.3) is 5.65 Å². The summed E-state index contributed by atoms with van der Waals surface area (Å²) >= 11 is 5.69. The van der Waals surface area contributed by atoms with Gasteiger partial charge in [0.15, 0.2) is 0 Å². The first-order valence-electron chi connectivity index (χ1n) is 3.39. The predicted molar refractivity (Wildman–Crippen MR) is 44.7 cm³/mol. The topological polar surface area (TPSA) is 17.3 Å². The van der Waals surface area contributed by atoms with Gasteiger partial charge in [-0.15, -0.1) is 11.6 Å². The largest absolute Gasteiger partial charge is 0.303 e. The maximum atomic E-state index is 5.69. The summed E-state index contributed by atoms with van der Waals surface area (Å²) in [6.45, 7) is 0. The van der Waals surface area contributed by atoms with Crippen molar-refractivity contribution >= 4 is 17.2 Å². The number of alkyl halides is 1. The zero-order valence-electron chi connectivity index (χ0n) is 5.87. The van der Waals surface area contributed by atoms with Gasteiger partial charge in [0.05, 0.1) is 17.8 Å². The Kier molecular flexibility index (Phi) is 1.55. The van der Waals surface area contributed by atoms with Crippen molar-refractivity contribution in [2.75, 3.05) is 0 Å². The molecule has 0 spiro atoms. The number of rotatable bonds is 1. The summed E-state index contributed by atoms with van der Waals surface area (Å²) in [5.41, 5.74) is 1.98.